The normalized spacial score (nSPS) is 66.4. The summed E-state index contributed by atoms with van der Waals surface area (Å²) in [7, 11) is 0. The van der Waals surface area contributed by atoms with Crippen molar-refractivity contribution < 1.29 is 5.11 Å². The van der Waals surface area contributed by atoms with Gasteiger partial charge in [0.15, 0.2) is 0 Å². The molecule has 0 aromatic rings. The lowest BCUT2D eigenvalue weighted by molar-refractivity contribution is -0.190. The van der Waals surface area contributed by atoms with Gasteiger partial charge in [-0.3, -0.25) is 0 Å². The van der Waals surface area contributed by atoms with Gasteiger partial charge < -0.3 is 5.11 Å². The summed E-state index contributed by atoms with van der Waals surface area (Å²) in [6.45, 7) is 9.92. The van der Waals surface area contributed by atoms with Crippen molar-refractivity contribution in [2.45, 2.75) is 78.7 Å². The molecular formula is C20H32O. The van der Waals surface area contributed by atoms with Crippen LogP contribution in [0.15, 0.2) is 0 Å². The first kappa shape index (κ1) is 13.4. The van der Waals surface area contributed by atoms with E-state index in [0.717, 1.165) is 35.5 Å². The lowest BCUT2D eigenvalue weighted by atomic mass is 9.39. The van der Waals surface area contributed by atoms with E-state index in [9.17, 15) is 5.11 Å². The molecule has 0 radical (unpaired) electrons. The third kappa shape index (κ3) is 1.28. The molecule has 5 unspecified atom stereocenters. The topological polar surface area (TPSA) is 20.2 Å². The van der Waals surface area contributed by atoms with E-state index in [-0.39, 0.29) is 11.5 Å². The summed E-state index contributed by atoms with van der Waals surface area (Å²) >= 11 is 0. The van der Waals surface area contributed by atoms with Gasteiger partial charge in [-0.1, -0.05) is 27.7 Å². The second kappa shape index (κ2) is 3.40. The van der Waals surface area contributed by atoms with Crippen molar-refractivity contribution >= 4 is 0 Å². The van der Waals surface area contributed by atoms with Crippen LogP contribution in [0.3, 0.4) is 0 Å². The molecule has 0 aromatic carbocycles. The minimum atomic E-state index is -0.0754. The third-order valence-corrected chi connectivity index (χ3v) is 9.90. The van der Waals surface area contributed by atoms with E-state index in [1.807, 2.05) is 0 Å². The van der Waals surface area contributed by atoms with Crippen LogP contribution in [-0.4, -0.2) is 11.2 Å². The quantitative estimate of drug-likeness (QED) is 0.688. The van der Waals surface area contributed by atoms with E-state index in [1.54, 1.807) is 12.8 Å². The first-order chi connectivity index (χ1) is 9.74. The van der Waals surface area contributed by atoms with Gasteiger partial charge in [0.25, 0.3) is 0 Å². The SMILES string of the molecule is CC1(C)C2CCC34CC5[C@@H](CC3[C@@]2(C)CC[C@@H]1O)C5(C)C4. The van der Waals surface area contributed by atoms with Gasteiger partial charge in [0, 0.05) is 0 Å². The van der Waals surface area contributed by atoms with Crippen LogP contribution >= 0.6 is 0 Å². The molecule has 1 heteroatoms. The first-order valence-electron chi connectivity index (χ1n) is 9.42. The van der Waals surface area contributed by atoms with E-state index >= 15 is 0 Å². The first-order valence-corrected chi connectivity index (χ1v) is 9.42. The van der Waals surface area contributed by atoms with Crippen molar-refractivity contribution in [3.05, 3.63) is 0 Å². The van der Waals surface area contributed by atoms with Gasteiger partial charge in [-0.2, -0.15) is 0 Å². The minimum Gasteiger partial charge on any atom is -0.393 e. The van der Waals surface area contributed by atoms with Crippen LogP contribution in [0.5, 0.6) is 0 Å². The van der Waals surface area contributed by atoms with Crippen molar-refractivity contribution in [3.63, 3.8) is 0 Å². The summed E-state index contributed by atoms with van der Waals surface area (Å²) < 4.78 is 0. The predicted molar refractivity (Wildman–Crippen MR) is 84.7 cm³/mol. The van der Waals surface area contributed by atoms with Crippen molar-refractivity contribution in [1.29, 1.82) is 0 Å². The van der Waals surface area contributed by atoms with Crippen LogP contribution < -0.4 is 0 Å². The number of aliphatic hydroxyl groups excluding tert-OH is 1. The Morgan fingerprint density at radius 3 is 2.29 bits per heavy atom. The van der Waals surface area contributed by atoms with Gasteiger partial charge >= 0.3 is 0 Å². The lowest BCUT2D eigenvalue weighted by Gasteiger charge is -2.66. The van der Waals surface area contributed by atoms with E-state index < -0.39 is 0 Å². The molecule has 6 aliphatic rings. The molecule has 0 amide bonds. The monoisotopic (exact) mass is 288 g/mol. The highest BCUT2D eigenvalue weighted by atomic mass is 16.3. The Labute approximate surface area is 129 Å². The second-order valence-corrected chi connectivity index (χ2v) is 10.7. The standard InChI is InChI=1S/C20H32O/c1-17(2)14-5-8-20-10-13-12(19(13,4)11-20)9-15(20)18(14,3)7-6-16(17)21/h12-16,21H,5-11H2,1-4H3/t12-,13?,14?,15?,16+,18+,19?,20?/m1/s1. The molecule has 1 nitrogen and oxygen atoms in total. The molecule has 118 valence electrons. The second-order valence-electron chi connectivity index (χ2n) is 10.7. The zero-order valence-electron chi connectivity index (χ0n) is 14.3. The molecule has 21 heavy (non-hydrogen) atoms. The van der Waals surface area contributed by atoms with Crippen molar-refractivity contribution in [2.75, 3.05) is 0 Å². The van der Waals surface area contributed by atoms with Gasteiger partial charge in [0.1, 0.15) is 0 Å². The average Bonchev–Trinajstić information content (AvgIpc) is 2.86. The molecule has 0 heterocycles. The fourth-order valence-electron chi connectivity index (χ4n) is 8.83. The van der Waals surface area contributed by atoms with Crippen LogP contribution in [0.25, 0.3) is 0 Å². The Morgan fingerprint density at radius 1 is 0.857 bits per heavy atom. The molecule has 1 spiro atoms. The molecule has 4 bridgehead atoms. The summed E-state index contributed by atoms with van der Waals surface area (Å²) in [5, 5.41) is 10.6. The van der Waals surface area contributed by atoms with Gasteiger partial charge in [0.05, 0.1) is 6.10 Å². The smallest absolute Gasteiger partial charge is 0.0594 e. The number of fused-ring (bicyclic) bond motifs is 1. The van der Waals surface area contributed by atoms with E-state index in [0.29, 0.717) is 10.8 Å². The van der Waals surface area contributed by atoms with Crippen LogP contribution in [0, 0.1) is 45.3 Å². The van der Waals surface area contributed by atoms with Gasteiger partial charge in [-0.15, -0.1) is 0 Å². The number of hydrogen-bond donors (Lipinski definition) is 1. The Hall–Kier alpha value is -0.0400. The molecule has 0 aliphatic heterocycles. The van der Waals surface area contributed by atoms with Gasteiger partial charge in [0.2, 0.25) is 0 Å². The zero-order chi connectivity index (χ0) is 14.8. The highest BCUT2D eigenvalue weighted by Gasteiger charge is 2.78. The number of aliphatic hydroxyl groups is 1. The zero-order valence-corrected chi connectivity index (χ0v) is 14.3. The molecule has 8 atom stereocenters. The summed E-state index contributed by atoms with van der Waals surface area (Å²) in [4.78, 5) is 0. The fraction of sp³-hybridized carbons (Fsp3) is 1.00. The van der Waals surface area contributed by atoms with E-state index in [1.165, 1.54) is 25.7 Å². The van der Waals surface area contributed by atoms with Crippen molar-refractivity contribution in [2.24, 2.45) is 45.3 Å². The maximum Gasteiger partial charge on any atom is 0.0594 e. The van der Waals surface area contributed by atoms with E-state index in [4.69, 9.17) is 0 Å². The average molecular weight is 288 g/mol. The maximum absolute atomic E-state index is 10.6. The Kier molecular flexibility index (Phi) is 2.17. The Morgan fingerprint density at radius 2 is 1.62 bits per heavy atom. The highest BCUT2D eigenvalue weighted by Crippen LogP contribution is 2.85. The van der Waals surface area contributed by atoms with Crippen LogP contribution in [0.1, 0.15) is 72.6 Å². The lowest BCUT2D eigenvalue weighted by Crippen LogP contribution is -2.60. The maximum atomic E-state index is 10.6. The molecule has 0 saturated heterocycles. The largest absolute Gasteiger partial charge is 0.393 e. The molecular weight excluding hydrogens is 256 g/mol. The molecule has 6 fully saturated rings. The number of rotatable bonds is 0. The third-order valence-electron chi connectivity index (χ3n) is 9.90. The highest BCUT2D eigenvalue weighted by molar-refractivity contribution is 5.27. The fourth-order valence-corrected chi connectivity index (χ4v) is 8.83. The minimum absolute atomic E-state index is 0.0754. The molecule has 6 rings (SSSR count). The predicted octanol–water partition coefficient (Wildman–Crippen LogP) is 4.64. The Balaban J connectivity index is 1.56. The van der Waals surface area contributed by atoms with Crippen LogP contribution in [-0.2, 0) is 0 Å². The van der Waals surface area contributed by atoms with Crippen molar-refractivity contribution in [1.82, 2.24) is 0 Å². The number of hydrogen-bond acceptors (Lipinski definition) is 1. The molecule has 6 aliphatic carbocycles. The Bertz CT molecular complexity index is 510. The van der Waals surface area contributed by atoms with Crippen molar-refractivity contribution in [3.8, 4) is 0 Å². The van der Waals surface area contributed by atoms with E-state index in [2.05, 4.69) is 27.7 Å². The molecule has 1 N–H and O–H groups in total. The summed E-state index contributed by atoms with van der Waals surface area (Å²) in [5.41, 5.74) is 2.10. The summed E-state index contributed by atoms with van der Waals surface area (Å²) in [6, 6.07) is 0. The summed E-state index contributed by atoms with van der Waals surface area (Å²) in [6.07, 6.45) is 9.72. The van der Waals surface area contributed by atoms with Crippen LogP contribution in [0.2, 0.25) is 0 Å². The molecule has 6 saturated carbocycles. The van der Waals surface area contributed by atoms with Gasteiger partial charge in [-0.05, 0) is 90.3 Å². The van der Waals surface area contributed by atoms with Gasteiger partial charge in [-0.25, -0.2) is 0 Å². The van der Waals surface area contributed by atoms with Crippen LogP contribution in [0.4, 0.5) is 0 Å². The molecule has 0 aromatic heterocycles. The summed E-state index contributed by atoms with van der Waals surface area (Å²) in [5.74, 6) is 3.87.